The van der Waals surface area contributed by atoms with Crippen molar-refractivity contribution >= 4 is 82.9 Å². The molecule has 0 aliphatic carbocycles. The monoisotopic (exact) mass is 1090 g/mol. The molecule has 0 saturated carbocycles. The maximum absolute atomic E-state index is 14.2. The molecular formula is C49H78N12O14S. The number of carbonyl (C=O) groups excluding carboxylic acids is 8. The molecule has 9 atom stereocenters. The smallest absolute Gasteiger partial charge is 0.326 e. The van der Waals surface area contributed by atoms with E-state index < -0.39 is 151 Å². The number of guanidine groups is 1. The van der Waals surface area contributed by atoms with Gasteiger partial charge >= 0.3 is 17.9 Å². The van der Waals surface area contributed by atoms with E-state index in [4.69, 9.17) is 16.9 Å². The molecule has 1 aromatic rings. The predicted molar refractivity (Wildman–Crippen MR) is 280 cm³/mol. The van der Waals surface area contributed by atoms with Crippen LogP contribution in [-0.2, 0) is 59.2 Å². The molecular weight excluding hydrogens is 1010 g/mol. The fraction of sp³-hybridized carbons (Fsp3) is 0.633. The summed E-state index contributed by atoms with van der Waals surface area (Å²) in [5.41, 5.74) is 12.4. The Balaban J connectivity index is 2.38. The molecule has 9 unspecified atom stereocenters. The van der Waals surface area contributed by atoms with Crippen molar-refractivity contribution in [1.82, 2.24) is 47.4 Å². The maximum atomic E-state index is 14.2. The van der Waals surface area contributed by atoms with Gasteiger partial charge in [0.1, 0.15) is 48.3 Å². The molecule has 16 N–H and O–H groups in total. The Hall–Kier alpha value is -7.03. The first-order chi connectivity index (χ1) is 35.8. The van der Waals surface area contributed by atoms with Crippen molar-refractivity contribution in [2.75, 3.05) is 25.1 Å². The molecule has 26 nitrogen and oxygen atoms in total. The van der Waals surface area contributed by atoms with Crippen molar-refractivity contribution in [3.8, 4) is 0 Å². The molecule has 1 fully saturated rings. The van der Waals surface area contributed by atoms with E-state index in [1.54, 1.807) is 64.3 Å². The van der Waals surface area contributed by atoms with E-state index in [-0.39, 0.29) is 64.0 Å². The normalized spacial score (nSPS) is 16.3. The van der Waals surface area contributed by atoms with E-state index in [1.807, 2.05) is 0 Å². The molecule has 1 saturated heterocycles. The molecule has 1 aliphatic rings. The van der Waals surface area contributed by atoms with Crippen molar-refractivity contribution in [2.24, 2.45) is 23.3 Å². The van der Waals surface area contributed by atoms with E-state index in [0.717, 1.165) is 5.56 Å². The van der Waals surface area contributed by atoms with Gasteiger partial charge in [0, 0.05) is 19.5 Å². The Morgan fingerprint density at radius 3 is 1.79 bits per heavy atom. The average molecular weight is 1090 g/mol. The molecule has 0 spiro atoms. The van der Waals surface area contributed by atoms with E-state index in [9.17, 15) is 68.1 Å². The second-order valence-corrected chi connectivity index (χ2v) is 20.2. The van der Waals surface area contributed by atoms with Gasteiger partial charge in [-0.1, -0.05) is 65.0 Å². The van der Waals surface area contributed by atoms with Gasteiger partial charge in [0.15, 0.2) is 5.96 Å². The number of carboxylic acid groups (broad SMARTS) is 3. The Kier molecular flexibility index (Phi) is 28.3. The highest BCUT2D eigenvalue weighted by atomic mass is 32.2. The molecule has 27 heteroatoms. The Labute approximate surface area is 446 Å². The fourth-order valence-corrected chi connectivity index (χ4v) is 8.61. The van der Waals surface area contributed by atoms with Crippen molar-refractivity contribution in [2.45, 2.75) is 160 Å². The number of thioether (sulfide) groups is 1. The predicted octanol–water partition coefficient (Wildman–Crippen LogP) is -1.51. The van der Waals surface area contributed by atoms with Crippen LogP contribution < -0.4 is 54.0 Å². The molecule has 0 bridgehead atoms. The molecule has 2 rings (SSSR count). The number of nitrogens with zero attached hydrogens (tertiary/aromatic N) is 1. The van der Waals surface area contributed by atoms with Gasteiger partial charge < -0.3 is 74.2 Å². The first-order valence-electron chi connectivity index (χ1n) is 25.3. The minimum atomic E-state index is -1.91. The number of benzene rings is 1. The minimum absolute atomic E-state index is 0.0347. The summed E-state index contributed by atoms with van der Waals surface area (Å²) in [5, 5.41) is 56.6. The third-order valence-electron chi connectivity index (χ3n) is 12.2. The molecule has 76 heavy (non-hydrogen) atoms. The van der Waals surface area contributed by atoms with Crippen molar-refractivity contribution < 1.29 is 68.1 Å². The Bertz CT molecular complexity index is 2190. The van der Waals surface area contributed by atoms with Crippen LogP contribution in [0.5, 0.6) is 0 Å². The van der Waals surface area contributed by atoms with Gasteiger partial charge in [-0.25, -0.2) is 4.79 Å². The van der Waals surface area contributed by atoms with Crippen LogP contribution in [-0.4, -0.2) is 171 Å². The lowest BCUT2D eigenvalue weighted by molar-refractivity contribution is -0.146. The summed E-state index contributed by atoms with van der Waals surface area (Å²) in [6.07, 6.45) is 0.216. The van der Waals surface area contributed by atoms with Crippen LogP contribution in [0.2, 0.25) is 0 Å². The van der Waals surface area contributed by atoms with Crippen LogP contribution in [0.15, 0.2) is 30.3 Å². The highest BCUT2D eigenvalue weighted by Gasteiger charge is 2.40. The number of amides is 8. The quantitative estimate of drug-likeness (QED) is 0.0212. The van der Waals surface area contributed by atoms with Crippen LogP contribution in [0.4, 0.5) is 0 Å². The number of carbonyl (C=O) groups is 11. The molecule has 1 aromatic carbocycles. The minimum Gasteiger partial charge on any atom is -0.481 e. The van der Waals surface area contributed by atoms with Crippen LogP contribution in [0.25, 0.3) is 0 Å². The first kappa shape index (κ1) is 65.1. The summed E-state index contributed by atoms with van der Waals surface area (Å²) in [6.45, 7) is 8.51. The number of aliphatic carboxylic acids is 3. The van der Waals surface area contributed by atoms with Gasteiger partial charge in [0.25, 0.3) is 0 Å². The summed E-state index contributed by atoms with van der Waals surface area (Å²) in [4.78, 5) is 147. The lowest BCUT2D eigenvalue weighted by Crippen LogP contribution is -2.60. The zero-order valence-electron chi connectivity index (χ0n) is 44.0. The molecule has 0 radical (unpaired) electrons. The van der Waals surface area contributed by atoms with Crippen molar-refractivity contribution in [1.29, 1.82) is 5.41 Å². The van der Waals surface area contributed by atoms with Gasteiger partial charge in [-0.05, 0) is 87.2 Å². The number of carboxylic acids is 3. The lowest BCUT2D eigenvalue weighted by atomic mass is 10.0. The van der Waals surface area contributed by atoms with E-state index in [2.05, 4.69) is 42.5 Å². The second-order valence-electron chi connectivity index (χ2n) is 19.3. The highest BCUT2D eigenvalue weighted by Crippen LogP contribution is 2.21. The number of nitrogens with one attached hydrogen (secondary N) is 9. The van der Waals surface area contributed by atoms with E-state index in [1.165, 1.54) is 23.6 Å². The maximum Gasteiger partial charge on any atom is 0.326 e. The SMILES string of the molecule is CCC(NC(=O)C(CC(C)C)NC(=O)C(N)Cc1ccccc1)C(=O)NC(CC(=O)O)C(=O)NC(CCC(=O)O)C(=O)NC(CCCNC(=N)N)C(=O)NC(CCSC)C(=O)N1CCCC1C(=O)NC(C(=O)O)C(C)C. The Morgan fingerprint density at radius 1 is 0.711 bits per heavy atom. The van der Waals surface area contributed by atoms with Crippen molar-refractivity contribution in [3.05, 3.63) is 35.9 Å². The van der Waals surface area contributed by atoms with Crippen LogP contribution >= 0.6 is 11.8 Å². The third kappa shape index (κ3) is 22.8. The van der Waals surface area contributed by atoms with Gasteiger partial charge in [0.05, 0.1) is 12.5 Å². The number of likely N-dealkylation sites (tertiary alicyclic amines) is 1. The van der Waals surface area contributed by atoms with Gasteiger partial charge in [-0.3, -0.25) is 53.4 Å². The molecule has 424 valence electrons. The first-order valence-corrected chi connectivity index (χ1v) is 26.6. The van der Waals surface area contributed by atoms with Gasteiger partial charge in [0.2, 0.25) is 47.3 Å². The van der Waals surface area contributed by atoms with E-state index >= 15 is 0 Å². The van der Waals surface area contributed by atoms with Crippen LogP contribution in [0.3, 0.4) is 0 Å². The summed E-state index contributed by atoms with van der Waals surface area (Å²) in [5.74, 6) is -11.9. The number of nitrogens with two attached hydrogens (primary N) is 2. The number of hydrogen-bond donors (Lipinski definition) is 14. The summed E-state index contributed by atoms with van der Waals surface area (Å²) in [6, 6.07) is -3.30. The molecule has 0 aromatic heterocycles. The van der Waals surface area contributed by atoms with Gasteiger partial charge in [-0.2, -0.15) is 11.8 Å². The largest absolute Gasteiger partial charge is 0.481 e. The van der Waals surface area contributed by atoms with Crippen molar-refractivity contribution in [3.63, 3.8) is 0 Å². The summed E-state index contributed by atoms with van der Waals surface area (Å²) >= 11 is 1.35. The summed E-state index contributed by atoms with van der Waals surface area (Å²) in [7, 11) is 0. The van der Waals surface area contributed by atoms with Crippen LogP contribution in [0.1, 0.15) is 104 Å². The summed E-state index contributed by atoms with van der Waals surface area (Å²) < 4.78 is 0. The second kappa shape index (κ2) is 33.1. The average Bonchev–Trinajstić information content (AvgIpc) is 3.85. The number of hydrogen-bond acceptors (Lipinski definition) is 14. The molecule has 1 heterocycles. The molecule has 8 amide bonds. The third-order valence-corrected chi connectivity index (χ3v) is 12.9. The van der Waals surface area contributed by atoms with E-state index in [0.29, 0.717) is 12.2 Å². The topological polar surface area (TPSA) is 424 Å². The fourth-order valence-electron chi connectivity index (χ4n) is 8.13. The standard InChI is InChI=1S/C49H78N12O14S/c1-7-30(54-44(70)34(23-26(2)3)58-40(66)29(50)24-28-13-9-8-10-14-28)41(67)59-35(25-38(64)65)45(71)56-32(17-18-37(62)63)43(69)55-31(15-11-20-53-49(51)52)42(68)57-33(19-22-76-6)47(73)61-21-12-16-36(61)46(72)60-39(27(4)5)48(74)75/h8-10,13-14,26-27,29-36,39H,7,11-12,15-25,50H2,1-6H3,(H,54,70)(H,55,69)(H,56,71)(H,57,68)(H,58,66)(H,59,67)(H,60,72)(H,62,63)(H,64,65)(H,74,75)(H4,51,52,53). The van der Waals surface area contributed by atoms with Gasteiger partial charge in [-0.15, -0.1) is 0 Å². The van der Waals surface area contributed by atoms with Crippen LogP contribution in [0, 0.1) is 17.2 Å². The number of rotatable bonds is 34. The zero-order chi connectivity index (χ0) is 57.2. The highest BCUT2D eigenvalue weighted by molar-refractivity contribution is 7.98. The Morgan fingerprint density at radius 2 is 1.25 bits per heavy atom. The molecule has 1 aliphatic heterocycles. The lowest BCUT2D eigenvalue weighted by Gasteiger charge is -2.31. The zero-order valence-corrected chi connectivity index (χ0v) is 44.8.